The van der Waals surface area contributed by atoms with Gasteiger partial charge in [0, 0.05) is 17.8 Å². The summed E-state index contributed by atoms with van der Waals surface area (Å²) in [6.07, 6.45) is -4.40. The van der Waals surface area contributed by atoms with E-state index in [0.717, 1.165) is 23.4 Å². The average molecular weight is 447 g/mol. The van der Waals surface area contributed by atoms with E-state index in [1.54, 1.807) is 20.1 Å². The molecule has 0 bridgehead atoms. The van der Waals surface area contributed by atoms with Crippen LogP contribution in [0, 0.1) is 6.92 Å². The molecule has 0 unspecified atom stereocenters. The van der Waals surface area contributed by atoms with Gasteiger partial charge in [0.2, 0.25) is 5.91 Å². The lowest BCUT2D eigenvalue weighted by Crippen LogP contribution is -2.24. The summed E-state index contributed by atoms with van der Waals surface area (Å²) < 4.78 is 43.4. The van der Waals surface area contributed by atoms with Crippen LogP contribution in [0.2, 0.25) is 0 Å². The van der Waals surface area contributed by atoms with E-state index in [2.05, 4.69) is 15.3 Å². The van der Waals surface area contributed by atoms with Crippen LogP contribution in [0.3, 0.4) is 0 Å². The number of nitrogens with one attached hydrogen (secondary N) is 1. The number of aromatic nitrogens is 2. The van der Waals surface area contributed by atoms with Gasteiger partial charge in [-0.25, -0.2) is 9.97 Å². The molecule has 1 amide bonds. The number of hydrogen-bond donors (Lipinski definition) is 1. The first kappa shape index (κ1) is 22.6. The quantitative estimate of drug-likeness (QED) is 0.413. The number of amides is 1. The molecule has 9 heteroatoms. The van der Waals surface area contributed by atoms with Crippen molar-refractivity contribution in [2.45, 2.75) is 24.7 Å². The molecule has 0 aliphatic rings. The molecule has 0 fully saturated rings. The number of rotatable bonds is 7. The molecule has 1 aromatic heterocycles. The first-order chi connectivity index (χ1) is 14.7. The van der Waals surface area contributed by atoms with Gasteiger partial charge in [-0.3, -0.25) is 4.79 Å². The second-order valence-electron chi connectivity index (χ2n) is 6.66. The van der Waals surface area contributed by atoms with Crippen LogP contribution in [0.5, 0.6) is 5.75 Å². The van der Waals surface area contributed by atoms with Crippen LogP contribution in [-0.4, -0.2) is 28.7 Å². The molecule has 31 heavy (non-hydrogen) atoms. The topological polar surface area (TPSA) is 64.1 Å². The number of hydrogen-bond acceptors (Lipinski definition) is 5. The number of methoxy groups -OCH3 is 1. The SMILES string of the molecule is COc1ccc(CNC(=O)CSc2cc(C)nc(-c3ccc(C(F)(F)F)cc3)n2)cc1. The van der Waals surface area contributed by atoms with Crippen molar-refractivity contribution in [1.29, 1.82) is 0 Å². The number of thioether (sulfide) groups is 1. The van der Waals surface area contributed by atoms with Crippen LogP contribution in [0.4, 0.5) is 13.2 Å². The van der Waals surface area contributed by atoms with E-state index >= 15 is 0 Å². The molecule has 3 rings (SSSR count). The summed E-state index contributed by atoms with van der Waals surface area (Å²) in [7, 11) is 1.59. The lowest BCUT2D eigenvalue weighted by atomic mass is 10.1. The summed E-state index contributed by atoms with van der Waals surface area (Å²) in [5, 5.41) is 3.41. The summed E-state index contributed by atoms with van der Waals surface area (Å²) in [6.45, 7) is 2.16. The van der Waals surface area contributed by atoms with E-state index in [1.165, 1.54) is 23.9 Å². The summed E-state index contributed by atoms with van der Waals surface area (Å²) in [5.74, 6) is 1.05. The largest absolute Gasteiger partial charge is 0.497 e. The van der Waals surface area contributed by atoms with Crippen molar-refractivity contribution in [3.63, 3.8) is 0 Å². The maximum atomic E-state index is 12.8. The Balaban J connectivity index is 1.60. The molecule has 162 valence electrons. The van der Waals surface area contributed by atoms with Crippen molar-refractivity contribution < 1.29 is 22.7 Å². The molecule has 0 saturated carbocycles. The number of benzene rings is 2. The highest BCUT2D eigenvalue weighted by molar-refractivity contribution is 7.99. The second kappa shape index (κ2) is 9.82. The molecule has 0 radical (unpaired) electrons. The van der Waals surface area contributed by atoms with Gasteiger partial charge >= 0.3 is 6.18 Å². The van der Waals surface area contributed by atoms with E-state index in [4.69, 9.17) is 4.74 Å². The number of alkyl halides is 3. The van der Waals surface area contributed by atoms with Crippen molar-refractivity contribution in [3.05, 3.63) is 71.4 Å². The Hall–Kier alpha value is -3.07. The number of ether oxygens (including phenoxy) is 1. The number of nitrogens with zero attached hydrogens (tertiary/aromatic N) is 2. The molecular weight excluding hydrogens is 427 g/mol. The first-order valence-electron chi connectivity index (χ1n) is 9.30. The zero-order valence-electron chi connectivity index (χ0n) is 16.9. The van der Waals surface area contributed by atoms with E-state index in [-0.39, 0.29) is 11.7 Å². The second-order valence-corrected chi connectivity index (χ2v) is 7.66. The Labute approximate surface area is 182 Å². The van der Waals surface area contributed by atoms with E-state index < -0.39 is 11.7 Å². The van der Waals surface area contributed by atoms with Crippen molar-refractivity contribution in [2.75, 3.05) is 12.9 Å². The number of halogens is 3. The molecule has 3 aromatic rings. The predicted molar refractivity (Wildman–Crippen MR) is 113 cm³/mol. The van der Waals surface area contributed by atoms with Gasteiger partial charge in [-0.05, 0) is 42.8 Å². The van der Waals surface area contributed by atoms with E-state index in [1.807, 2.05) is 24.3 Å². The molecule has 5 nitrogen and oxygen atoms in total. The molecule has 1 heterocycles. The standard InChI is InChI=1S/C22H20F3N3O2S/c1-14-11-20(28-21(27-14)16-5-7-17(8-6-16)22(23,24)25)31-13-19(29)26-12-15-3-9-18(30-2)10-4-15/h3-11H,12-13H2,1-2H3,(H,26,29). The zero-order valence-corrected chi connectivity index (χ0v) is 17.7. The van der Waals surface area contributed by atoms with Crippen LogP contribution in [0.25, 0.3) is 11.4 Å². The van der Waals surface area contributed by atoms with Crippen molar-refractivity contribution in [1.82, 2.24) is 15.3 Å². The van der Waals surface area contributed by atoms with Crippen molar-refractivity contribution in [3.8, 4) is 17.1 Å². The fourth-order valence-electron chi connectivity index (χ4n) is 2.69. The van der Waals surface area contributed by atoms with Gasteiger partial charge in [-0.15, -0.1) is 0 Å². The third-order valence-electron chi connectivity index (χ3n) is 4.30. The lowest BCUT2D eigenvalue weighted by Gasteiger charge is -2.09. The maximum Gasteiger partial charge on any atom is 0.416 e. The number of carbonyl (C=O) groups excluding carboxylic acids is 1. The summed E-state index contributed by atoms with van der Waals surface area (Å²) in [4.78, 5) is 20.9. The highest BCUT2D eigenvalue weighted by atomic mass is 32.2. The zero-order chi connectivity index (χ0) is 22.4. The molecule has 0 atom stereocenters. The van der Waals surface area contributed by atoms with Gasteiger partial charge in [0.15, 0.2) is 5.82 Å². The molecule has 0 aliphatic heterocycles. The molecular formula is C22H20F3N3O2S. The molecule has 0 saturated heterocycles. The van der Waals surface area contributed by atoms with Gasteiger partial charge < -0.3 is 10.1 Å². The fraction of sp³-hybridized carbons (Fsp3) is 0.227. The van der Waals surface area contributed by atoms with Crippen LogP contribution in [0.15, 0.2) is 59.6 Å². The average Bonchev–Trinajstić information content (AvgIpc) is 2.75. The summed E-state index contributed by atoms with van der Waals surface area (Å²) in [5.41, 5.74) is 1.35. The van der Waals surface area contributed by atoms with Crippen LogP contribution >= 0.6 is 11.8 Å². The minimum absolute atomic E-state index is 0.152. The highest BCUT2D eigenvalue weighted by Gasteiger charge is 2.30. The Morgan fingerprint density at radius 3 is 2.35 bits per heavy atom. The van der Waals surface area contributed by atoms with E-state index in [0.29, 0.717) is 28.7 Å². The highest BCUT2D eigenvalue weighted by Crippen LogP contribution is 2.30. The van der Waals surface area contributed by atoms with Gasteiger partial charge in [0.05, 0.1) is 18.4 Å². The molecule has 2 aromatic carbocycles. The lowest BCUT2D eigenvalue weighted by molar-refractivity contribution is -0.137. The molecule has 0 spiro atoms. The smallest absolute Gasteiger partial charge is 0.416 e. The Bertz CT molecular complexity index is 1040. The molecule has 1 N–H and O–H groups in total. The first-order valence-corrected chi connectivity index (χ1v) is 10.3. The van der Waals surface area contributed by atoms with Gasteiger partial charge in [-0.1, -0.05) is 36.0 Å². The van der Waals surface area contributed by atoms with Crippen LogP contribution in [0.1, 0.15) is 16.8 Å². The minimum atomic E-state index is -4.40. The van der Waals surface area contributed by atoms with Gasteiger partial charge in [0.25, 0.3) is 0 Å². The fourth-order valence-corrected chi connectivity index (χ4v) is 3.47. The third-order valence-corrected chi connectivity index (χ3v) is 5.21. The molecule has 0 aliphatic carbocycles. The number of carbonyl (C=O) groups is 1. The van der Waals surface area contributed by atoms with Crippen molar-refractivity contribution >= 4 is 17.7 Å². The van der Waals surface area contributed by atoms with Gasteiger partial charge in [0.1, 0.15) is 10.8 Å². The van der Waals surface area contributed by atoms with Crippen LogP contribution < -0.4 is 10.1 Å². The summed E-state index contributed by atoms with van der Waals surface area (Å²) in [6, 6.07) is 13.8. The normalized spacial score (nSPS) is 11.3. The van der Waals surface area contributed by atoms with Crippen LogP contribution in [-0.2, 0) is 17.5 Å². The third kappa shape index (κ3) is 6.45. The Morgan fingerprint density at radius 1 is 1.06 bits per heavy atom. The maximum absolute atomic E-state index is 12.8. The number of aryl methyl sites for hydroxylation is 1. The van der Waals surface area contributed by atoms with E-state index in [9.17, 15) is 18.0 Å². The predicted octanol–water partition coefficient (Wildman–Crippen LogP) is 4.89. The van der Waals surface area contributed by atoms with Crippen molar-refractivity contribution in [2.24, 2.45) is 0 Å². The summed E-state index contributed by atoms with van der Waals surface area (Å²) >= 11 is 1.24. The Morgan fingerprint density at radius 2 is 1.74 bits per heavy atom. The minimum Gasteiger partial charge on any atom is -0.497 e. The Kier molecular flexibility index (Phi) is 7.17. The van der Waals surface area contributed by atoms with Gasteiger partial charge in [-0.2, -0.15) is 13.2 Å². The monoisotopic (exact) mass is 447 g/mol.